The summed E-state index contributed by atoms with van der Waals surface area (Å²) in [7, 11) is 1.34. The van der Waals surface area contributed by atoms with E-state index in [2.05, 4.69) is 4.74 Å². The lowest BCUT2D eigenvalue weighted by Crippen LogP contribution is -2.23. The molecular formula is C12H13NO4. The molecule has 0 N–H and O–H groups in total. The van der Waals surface area contributed by atoms with Gasteiger partial charge in [-0.15, -0.1) is 0 Å². The van der Waals surface area contributed by atoms with Crippen molar-refractivity contribution in [3.8, 4) is 0 Å². The molecule has 0 unspecified atom stereocenters. The van der Waals surface area contributed by atoms with Crippen LogP contribution in [0.5, 0.6) is 0 Å². The third-order valence-corrected chi connectivity index (χ3v) is 2.59. The summed E-state index contributed by atoms with van der Waals surface area (Å²) in [5.74, 6) is -0.364. The lowest BCUT2D eigenvalue weighted by Gasteiger charge is -2.12. The number of ether oxygens (including phenoxy) is 2. The van der Waals surface area contributed by atoms with Gasteiger partial charge < -0.3 is 14.4 Å². The van der Waals surface area contributed by atoms with Crippen molar-refractivity contribution in [1.29, 1.82) is 0 Å². The Morgan fingerprint density at radius 3 is 2.65 bits per heavy atom. The first-order valence-corrected chi connectivity index (χ1v) is 5.29. The molecule has 0 radical (unpaired) electrons. The van der Waals surface area contributed by atoms with Crippen molar-refractivity contribution in [1.82, 2.24) is 4.90 Å². The van der Waals surface area contributed by atoms with Gasteiger partial charge >= 0.3 is 12.1 Å². The number of esters is 1. The number of rotatable bonds is 3. The molecule has 1 aromatic rings. The molecule has 1 amide bonds. The van der Waals surface area contributed by atoms with E-state index in [1.165, 1.54) is 7.11 Å². The molecule has 17 heavy (non-hydrogen) atoms. The van der Waals surface area contributed by atoms with Crippen molar-refractivity contribution in [3.05, 3.63) is 35.4 Å². The van der Waals surface area contributed by atoms with Crippen LogP contribution in [-0.4, -0.2) is 37.2 Å². The van der Waals surface area contributed by atoms with Crippen molar-refractivity contribution < 1.29 is 19.1 Å². The molecule has 1 fully saturated rings. The molecule has 1 aromatic carbocycles. The third-order valence-electron chi connectivity index (χ3n) is 2.59. The summed E-state index contributed by atoms with van der Waals surface area (Å²) >= 11 is 0. The fourth-order valence-corrected chi connectivity index (χ4v) is 1.65. The van der Waals surface area contributed by atoms with Crippen LogP contribution in [0.4, 0.5) is 4.79 Å². The molecule has 0 bridgehead atoms. The topological polar surface area (TPSA) is 55.8 Å². The molecule has 90 valence electrons. The number of amides is 1. The zero-order chi connectivity index (χ0) is 12.3. The van der Waals surface area contributed by atoms with E-state index in [-0.39, 0.29) is 12.1 Å². The highest BCUT2D eigenvalue weighted by molar-refractivity contribution is 5.89. The number of methoxy groups -OCH3 is 1. The molecule has 0 saturated carbocycles. The van der Waals surface area contributed by atoms with Crippen molar-refractivity contribution >= 4 is 12.1 Å². The van der Waals surface area contributed by atoms with Gasteiger partial charge in [-0.3, -0.25) is 0 Å². The van der Waals surface area contributed by atoms with E-state index in [0.717, 1.165) is 5.56 Å². The van der Waals surface area contributed by atoms with Crippen LogP contribution in [0.25, 0.3) is 0 Å². The van der Waals surface area contributed by atoms with Crippen LogP contribution >= 0.6 is 0 Å². The van der Waals surface area contributed by atoms with Gasteiger partial charge in [0.25, 0.3) is 0 Å². The van der Waals surface area contributed by atoms with Gasteiger partial charge in [-0.1, -0.05) is 12.1 Å². The van der Waals surface area contributed by atoms with E-state index < -0.39 is 0 Å². The summed E-state index contributed by atoms with van der Waals surface area (Å²) in [6, 6.07) is 6.97. The summed E-state index contributed by atoms with van der Waals surface area (Å²) < 4.78 is 9.43. The minimum atomic E-state index is -0.364. The van der Waals surface area contributed by atoms with Crippen LogP contribution < -0.4 is 0 Å². The van der Waals surface area contributed by atoms with E-state index in [1.807, 2.05) is 0 Å². The molecule has 1 aliphatic rings. The first-order chi connectivity index (χ1) is 8.20. The summed E-state index contributed by atoms with van der Waals surface area (Å²) in [6.07, 6.45) is -0.290. The fourth-order valence-electron chi connectivity index (χ4n) is 1.65. The van der Waals surface area contributed by atoms with Crippen LogP contribution in [0.3, 0.4) is 0 Å². The normalized spacial score (nSPS) is 14.6. The largest absolute Gasteiger partial charge is 0.465 e. The Bertz CT molecular complexity index is 427. The van der Waals surface area contributed by atoms with E-state index in [9.17, 15) is 9.59 Å². The molecule has 0 aliphatic carbocycles. The molecule has 2 rings (SSSR count). The van der Waals surface area contributed by atoms with Gasteiger partial charge in [-0.05, 0) is 17.7 Å². The van der Waals surface area contributed by atoms with Crippen molar-refractivity contribution in [2.75, 3.05) is 20.3 Å². The molecule has 1 aliphatic heterocycles. The molecule has 0 spiro atoms. The summed E-state index contributed by atoms with van der Waals surface area (Å²) in [4.78, 5) is 24.1. The van der Waals surface area contributed by atoms with Gasteiger partial charge in [-0.2, -0.15) is 0 Å². The highest BCUT2D eigenvalue weighted by Crippen LogP contribution is 2.12. The average Bonchev–Trinajstić information content (AvgIpc) is 2.75. The number of cyclic esters (lactones) is 1. The van der Waals surface area contributed by atoms with Gasteiger partial charge in [0.2, 0.25) is 0 Å². The van der Waals surface area contributed by atoms with E-state index in [1.54, 1.807) is 29.2 Å². The Labute approximate surface area is 98.9 Å². The van der Waals surface area contributed by atoms with Gasteiger partial charge in [0.05, 0.1) is 19.2 Å². The van der Waals surface area contributed by atoms with Crippen LogP contribution in [0.15, 0.2) is 24.3 Å². The number of nitrogens with zero attached hydrogens (tertiary/aromatic N) is 1. The van der Waals surface area contributed by atoms with Crippen molar-refractivity contribution in [3.63, 3.8) is 0 Å². The second-order valence-electron chi connectivity index (χ2n) is 3.72. The summed E-state index contributed by atoms with van der Waals surface area (Å²) in [6.45, 7) is 1.55. The molecule has 0 atom stereocenters. The Hall–Kier alpha value is -2.04. The van der Waals surface area contributed by atoms with Gasteiger partial charge in [0, 0.05) is 6.54 Å². The Morgan fingerprint density at radius 2 is 2.12 bits per heavy atom. The van der Waals surface area contributed by atoms with Gasteiger partial charge in [-0.25, -0.2) is 9.59 Å². The quantitative estimate of drug-likeness (QED) is 0.743. The molecule has 5 nitrogen and oxygen atoms in total. The van der Waals surface area contributed by atoms with Crippen molar-refractivity contribution in [2.24, 2.45) is 0 Å². The van der Waals surface area contributed by atoms with E-state index in [4.69, 9.17) is 4.74 Å². The second kappa shape index (κ2) is 4.86. The predicted molar refractivity (Wildman–Crippen MR) is 59.5 cm³/mol. The molecular weight excluding hydrogens is 222 g/mol. The van der Waals surface area contributed by atoms with Crippen LogP contribution in [0.1, 0.15) is 15.9 Å². The number of hydrogen-bond acceptors (Lipinski definition) is 4. The number of carbonyl (C=O) groups excluding carboxylic acids is 2. The maximum Gasteiger partial charge on any atom is 0.410 e. The Balaban J connectivity index is 2.03. The number of carbonyl (C=O) groups is 2. The van der Waals surface area contributed by atoms with E-state index in [0.29, 0.717) is 25.3 Å². The van der Waals surface area contributed by atoms with Crippen molar-refractivity contribution in [2.45, 2.75) is 6.54 Å². The summed E-state index contributed by atoms with van der Waals surface area (Å²) in [5.41, 5.74) is 1.46. The first kappa shape index (κ1) is 11.4. The minimum absolute atomic E-state index is 0.290. The zero-order valence-electron chi connectivity index (χ0n) is 9.51. The Morgan fingerprint density at radius 1 is 1.41 bits per heavy atom. The second-order valence-corrected chi connectivity index (χ2v) is 3.72. The molecule has 1 saturated heterocycles. The number of hydrogen-bond donors (Lipinski definition) is 0. The Kier molecular flexibility index (Phi) is 3.27. The molecule has 0 aromatic heterocycles. The standard InChI is InChI=1S/C12H13NO4/c1-16-11(14)10-4-2-9(3-5-10)8-13-6-7-17-12(13)15/h2-5H,6-8H2,1H3. The lowest BCUT2D eigenvalue weighted by molar-refractivity contribution is 0.0600. The highest BCUT2D eigenvalue weighted by atomic mass is 16.6. The minimum Gasteiger partial charge on any atom is -0.465 e. The zero-order valence-corrected chi connectivity index (χ0v) is 9.51. The van der Waals surface area contributed by atoms with Gasteiger partial charge in [0.1, 0.15) is 6.61 Å². The smallest absolute Gasteiger partial charge is 0.410 e. The number of benzene rings is 1. The van der Waals surface area contributed by atoms with Gasteiger partial charge in [0.15, 0.2) is 0 Å². The van der Waals surface area contributed by atoms with Crippen LogP contribution in [0.2, 0.25) is 0 Å². The molecule has 1 heterocycles. The SMILES string of the molecule is COC(=O)c1ccc(CN2CCOC2=O)cc1. The van der Waals surface area contributed by atoms with Crippen LogP contribution in [-0.2, 0) is 16.0 Å². The first-order valence-electron chi connectivity index (χ1n) is 5.29. The maximum absolute atomic E-state index is 11.2. The fraction of sp³-hybridized carbons (Fsp3) is 0.333. The maximum atomic E-state index is 11.2. The monoisotopic (exact) mass is 235 g/mol. The molecule has 5 heteroatoms. The van der Waals surface area contributed by atoms with Crippen LogP contribution in [0, 0.1) is 0 Å². The average molecular weight is 235 g/mol. The van der Waals surface area contributed by atoms with E-state index >= 15 is 0 Å². The highest BCUT2D eigenvalue weighted by Gasteiger charge is 2.21. The third kappa shape index (κ3) is 2.55. The lowest BCUT2D eigenvalue weighted by atomic mass is 10.1. The predicted octanol–water partition coefficient (Wildman–Crippen LogP) is 1.43. The summed E-state index contributed by atoms with van der Waals surface area (Å²) in [5, 5.41) is 0.